The van der Waals surface area contributed by atoms with Gasteiger partial charge in [0, 0.05) is 18.5 Å². The molecule has 28 heavy (non-hydrogen) atoms. The lowest BCUT2D eigenvalue weighted by Gasteiger charge is -2.18. The summed E-state index contributed by atoms with van der Waals surface area (Å²) in [5.41, 5.74) is 1.76. The van der Waals surface area contributed by atoms with Crippen LogP contribution < -0.4 is 10.1 Å². The molecule has 0 aliphatic rings. The van der Waals surface area contributed by atoms with Crippen LogP contribution in [-0.2, 0) is 4.79 Å². The molecular formula is C21H22FN3O2S. The number of nitrogens with zero attached hydrogens (tertiary/aromatic N) is 2. The molecule has 7 heteroatoms. The molecule has 3 rings (SSSR count). The lowest BCUT2D eigenvalue weighted by atomic mass is 10.1. The summed E-state index contributed by atoms with van der Waals surface area (Å²) in [4.78, 5) is 17.0. The standard InChI is InChI=1S/C21H22FN3O2S/c1-14(16-7-9-17(22)10-8-16)24-20(26)15(2)28-21-23-11-12-25(21)18-5-4-6-19(13-18)27-3/h4-15H,1-3H3,(H,24,26). The Bertz CT molecular complexity index is 943. The topological polar surface area (TPSA) is 56.2 Å². The van der Waals surface area contributed by atoms with E-state index in [1.54, 1.807) is 25.4 Å². The van der Waals surface area contributed by atoms with Crippen molar-refractivity contribution in [2.75, 3.05) is 7.11 Å². The van der Waals surface area contributed by atoms with Gasteiger partial charge in [-0.15, -0.1) is 0 Å². The van der Waals surface area contributed by atoms with Crippen LogP contribution in [0.4, 0.5) is 4.39 Å². The van der Waals surface area contributed by atoms with Crippen LogP contribution in [-0.4, -0.2) is 27.8 Å². The first-order valence-corrected chi connectivity index (χ1v) is 9.76. The van der Waals surface area contributed by atoms with E-state index in [1.165, 1.54) is 23.9 Å². The number of carbonyl (C=O) groups excluding carboxylic acids is 1. The maximum Gasteiger partial charge on any atom is 0.233 e. The number of benzene rings is 2. The number of hydrogen-bond acceptors (Lipinski definition) is 4. The Kier molecular flexibility index (Phi) is 6.36. The van der Waals surface area contributed by atoms with E-state index in [4.69, 9.17) is 4.74 Å². The molecule has 2 atom stereocenters. The largest absolute Gasteiger partial charge is 0.497 e. The van der Waals surface area contributed by atoms with E-state index in [-0.39, 0.29) is 23.0 Å². The second-order valence-corrected chi connectivity index (χ2v) is 7.63. The minimum atomic E-state index is -0.352. The van der Waals surface area contributed by atoms with Crippen molar-refractivity contribution in [3.63, 3.8) is 0 Å². The Labute approximate surface area is 167 Å². The average Bonchev–Trinajstić information content (AvgIpc) is 3.16. The highest BCUT2D eigenvalue weighted by molar-refractivity contribution is 8.00. The van der Waals surface area contributed by atoms with Gasteiger partial charge in [0.2, 0.25) is 5.91 Å². The molecule has 2 unspecified atom stereocenters. The number of thioether (sulfide) groups is 1. The number of amides is 1. The van der Waals surface area contributed by atoms with Crippen LogP contribution in [0.15, 0.2) is 66.1 Å². The molecule has 0 spiro atoms. The van der Waals surface area contributed by atoms with Crippen LogP contribution in [0, 0.1) is 5.82 Å². The second kappa shape index (κ2) is 8.93. The number of halogens is 1. The van der Waals surface area contributed by atoms with Crippen molar-refractivity contribution < 1.29 is 13.9 Å². The fraction of sp³-hybridized carbons (Fsp3) is 0.238. The molecule has 0 aliphatic carbocycles. The van der Waals surface area contributed by atoms with E-state index >= 15 is 0 Å². The Morgan fingerprint density at radius 2 is 1.96 bits per heavy atom. The summed E-state index contributed by atoms with van der Waals surface area (Å²) in [6, 6.07) is 13.6. The SMILES string of the molecule is COc1cccc(-n2ccnc2SC(C)C(=O)NC(C)c2ccc(F)cc2)c1. The van der Waals surface area contributed by atoms with Crippen LogP contribution in [0.1, 0.15) is 25.5 Å². The molecule has 1 heterocycles. The van der Waals surface area contributed by atoms with Crippen molar-refractivity contribution in [2.24, 2.45) is 0 Å². The van der Waals surface area contributed by atoms with Crippen molar-refractivity contribution in [1.82, 2.24) is 14.9 Å². The Balaban J connectivity index is 1.67. The summed E-state index contributed by atoms with van der Waals surface area (Å²) in [6.45, 7) is 3.71. The van der Waals surface area contributed by atoms with Crippen molar-refractivity contribution in [1.29, 1.82) is 0 Å². The third-order valence-corrected chi connectivity index (χ3v) is 5.40. The molecule has 0 bridgehead atoms. The second-order valence-electron chi connectivity index (χ2n) is 6.32. The van der Waals surface area contributed by atoms with Gasteiger partial charge < -0.3 is 10.1 Å². The Morgan fingerprint density at radius 1 is 1.21 bits per heavy atom. The molecule has 0 saturated carbocycles. The zero-order chi connectivity index (χ0) is 20.1. The van der Waals surface area contributed by atoms with Gasteiger partial charge in [-0.25, -0.2) is 9.37 Å². The molecule has 0 fully saturated rings. The summed E-state index contributed by atoms with van der Waals surface area (Å²) < 4.78 is 20.3. The van der Waals surface area contributed by atoms with Crippen LogP contribution in [0.25, 0.3) is 5.69 Å². The normalized spacial score (nSPS) is 13.0. The first kappa shape index (κ1) is 19.9. The molecule has 0 saturated heterocycles. The van der Waals surface area contributed by atoms with Gasteiger partial charge in [-0.1, -0.05) is 30.0 Å². The molecular weight excluding hydrogens is 377 g/mol. The number of hydrogen-bond donors (Lipinski definition) is 1. The highest BCUT2D eigenvalue weighted by Gasteiger charge is 2.20. The lowest BCUT2D eigenvalue weighted by Crippen LogP contribution is -2.33. The molecule has 146 valence electrons. The van der Waals surface area contributed by atoms with Gasteiger partial charge in [0.15, 0.2) is 5.16 Å². The summed E-state index contributed by atoms with van der Waals surface area (Å²) in [7, 11) is 1.62. The number of methoxy groups -OCH3 is 1. The monoisotopic (exact) mass is 399 g/mol. The zero-order valence-electron chi connectivity index (χ0n) is 15.9. The van der Waals surface area contributed by atoms with Gasteiger partial charge in [0.05, 0.1) is 24.1 Å². The van der Waals surface area contributed by atoms with Gasteiger partial charge in [0.25, 0.3) is 0 Å². The molecule has 1 aromatic heterocycles. The number of rotatable bonds is 7. The van der Waals surface area contributed by atoms with E-state index in [9.17, 15) is 9.18 Å². The first-order valence-electron chi connectivity index (χ1n) is 8.88. The van der Waals surface area contributed by atoms with Crippen LogP contribution in [0.3, 0.4) is 0 Å². The van der Waals surface area contributed by atoms with E-state index in [0.717, 1.165) is 17.0 Å². The zero-order valence-corrected chi connectivity index (χ0v) is 16.7. The number of ether oxygens (including phenoxy) is 1. The summed E-state index contributed by atoms with van der Waals surface area (Å²) >= 11 is 1.37. The number of carbonyl (C=O) groups is 1. The van der Waals surface area contributed by atoms with Crippen LogP contribution in [0.5, 0.6) is 5.75 Å². The van der Waals surface area contributed by atoms with Gasteiger partial charge >= 0.3 is 0 Å². The van der Waals surface area contributed by atoms with Crippen LogP contribution >= 0.6 is 11.8 Å². The fourth-order valence-corrected chi connectivity index (χ4v) is 3.60. The van der Waals surface area contributed by atoms with Crippen molar-refractivity contribution in [3.8, 4) is 11.4 Å². The van der Waals surface area contributed by atoms with Gasteiger partial charge in [-0.3, -0.25) is 9.36 Å². The highest BCUT2D eigenvalue weighted by Crippen LogP contribution is 2.26. The minimum absolute atomic E-state index is 0.109. The van der Waals surface area contributed by atoms with Gasteiger partial charge in [-0.2, -0.15) is 0 Å². The van der Waals surface area contributed by atoms with Crippen LogP contribution in [0.2, 0.25) is 0 Å². The lowest BCUT2D eigenvalue weighted by molar-refractivity contribution is -0.120. The smallest absolute Gasteiger partial charge is 0.233 e. The maximum atomic E-state index is 13.1. The first-order chi connectivity index (χ1) is 13.5. The fourth-order valence-electron chi connectivity index (χ4n) is 2.71. The minimum Gasteiger partial charge on any atom is -0.497 e. The molecule has 0 radical (unpaired) electrons. The average molecular weight is 399 g/mol. The third-order valence-electron chi connectivity index (χ3n) is 4.32. The molecule has 0 aliphatic heterocycles. The third kappa shape index (κ3) is 4.72. The summed E-state index contributed by atoms with van der Waals surface area (Å²) in [6.07, 6.45) is 3.55. The highest BCUT2D eigenvalue weighted by atomic mass is 32.2. The predicted octanol–water partition coefficient (Wildman–Crippen LogP) is 4.38. The molecule has 3 aromatic rings. The van der Waals surface area contributed by atoms with E-state index in [2.05, 4.69) is 10.3 Å². The van der Waals surface area contributed by atoms with Crippen molar-refractivity contribution in [2.45, 2.75) is 30.3 Å². The Hall–Kier alpha value is -2.80. The molecule has 1 amide bonds. The van der Waals surface area contributed by atoms with E-state index in [1.807, 2.05) is 48.9 Å². The van der Waals surface area contributed by atoms with E-state index in [0.29, 0.717) is 5.16 Å². The predicted molar refractivity (Wildman–Crippen MR) is 108 cm³/mol. The van der Waals surface area contributed by atoms with Gasteiger partial charge in [-0.05, 0) is 43.7 Å². The van der Waals surface area contributed by atoms with Gasteiger partial charge in [0.1, 0.15) is 11.6 Å². The molecule has 2 aromatic carbocycles. The summed E-state index contributed by atoms with van der Waals surface area (Å²) in [5.74, 6) is 0.346. The number of aromatic nitrogens is 2. The van der Waals surface area contributed by atoms with E-state index < -0.39 is 0 Å². The Morgan fingerprint density at radius 3 is 2.68 bits per heavy atom. The molecule has 1 N–H and O–H groups in total. The number of imidazole rings is 1. The van der Waals surface area contributed by atoms with Crippen molar-refractivity contribution >= 4 is 17.7 Å². The van der Waals surface area contributed by atoms with Crippen molar-refractivity contribution in [3.05, 3.63) is 72.3 Å². The number of nitrogens with one attached hydrogen (secondary N) is 1. The molecule has 5 nitrogen and oxygen atoms in total. The maximum absolute atomic E-state index is 13.1. The quantitative estimate of drug-likeness (QED) is 0.599. The summed E-state index contributed by atoms with van der Waals surface area (Å²) in [5, 5.41) is 3.33.